The predicted octanol–water partition coefficient (Wildman–Crippen LogP) is 3.36. The van der Waals surface area contributed by atoms with Crippen LogP contribution in [0.15, 0.2) is 47.5 Å². The lowest BCUT2D eigenvalue weighted by molar-refractivity contribution is 0.601. The normalized spacial score (nSPS) is 11.1. The van der Waals surface area contributed by atoms with Gasteiger partial charge < -0.3 is 5.32 Å². The lowest BCUT2D eigenvalue weighted by Gasteiger charge is -2.09. The van der Waals surface area contributed by atoms with Crippen LogP contribution in [0.2, 0.25) is 5.02 Å². The third-order valence-corrected chi connectivity index (χ3v) is 4.28. The predicted molar refractivity (Wildman–Crippen MR) is 85.3 cm³/mol. The van der Waals surface area contributed by atoms with E-state index in [-0.39, 0.29) is 4.90 Å². The van der Waals surface area contributed by atoms with Crippen LogP contribution in [0.5, 0.6) is 0 Å². The minimum atomic E-state index is -3.67. The lowest BCUT2D eigenvalue weighted by Crippen LogP contribution is -2.13. The number of benzene rings is 1. The summed E-state index contributed by atoms with van der Waals surface area (Å²) in [5.74, 6) is 0.651. The standard InChI is InChI=1S/C14H16ClN3O2S/c1-2-8-16-14-7-6-13(10-17-14)21(19,20)18-12-5-3-4-11(15)9-12/h3-7,9-10,18H,2,8H2,1H3,(H,16,17). The molecule has 1 aromatic heterocycles. The van der Waals surface area contributed by atoms with E-state index < -0.39 is 10.0 Å². The molecule has 1 heterocycles. The molecule has 0 fully saturated rings. The van der Waals surface area contributed by atoms with Crippen molar-refractivity contribution in [2.75, 3.05) is 16.6 Å². The van der Waals surface area contributed by atoms with Crippen LogP contribution in [-0.4, -0.2) is 19.9 Å². The van der Waals surface area contributed by atoms with Gasteiger partial charge in [0.2, 0.25) is 0 Å². The number of sulfonamides is 1. The molecule has 2 aromatic rings. The van der Waals surface area contributed by atoms with Gasteiger partial charge in [0.1, 0.15) is 10.7 Å². The first kappa shape index (κ1) is 15.6. The summed E-state index contributed by atoms with van der Waals surface area (Å²) in [4.78, 5) is 4.19. The molecular formula is C14H16ClN3O2S. The molecule has 1 aromatic carbocycles. The number of rotatable bonds is 6. The Hall–Kier alpha value is -1.79. The number of hydrogen-bond donors (Lipinski definition) is 2. The van der Waals surface area contributed by atoms with Gasteiger partial charge in [0.15, 0.2) is 0 Å². The van der Waals surface area contributed by atoms with E-state index in [0.717, 1.165) is 13.0 Å². The first-order valence-corrected chi connectivity index (χ1v) is 8.35. The Kier molecular flexibility index (Phi) is 5.03. The smallest absolute Gasteiger partial charge is 0.263 e. The van der Waals surface area contributed by atoms with E-state index in [1.165, 1.54) is 12.3 Å². The topological polar surface area (TPSA) is 71.1 Å². The van der Waals surface area contributed by atoms with Gasteiger partial charge in [-0.3, -0.25) is 4.72 Å². The number of halogens is 1. The molecule has 0 spiro atoms. The highest BCUT2D eigenvalue weighted by molar-refractivity contribution is 7.92. The van der Waals surface area contributed by atoms with Crippen molar-refractivity contribution in [3.05, 3.63) is 47.6 Å². The fraction of sp³-hybridized carbons (Fsp3) is 0.214. The van der Waals surface area contributed by atoms with Gasteiger partial charge in [-0.05, 0) is 36.8 Å². The van der Waals surface area contributed by atoms with E-state index in [2.05, 4.69) is 15.0 Å². The van der Waals surface area contributed by atoms with Crippen LogP contribution in [0, 0.1) is 0 Å². The Balaban J connectivity index is 2.15. The minimum absolute atomic E-state index is 0.101. The van der Waals surface area contributed by atoms with Crippen LogP contribution < -0.4 is 10.0 Å². The molecule has 0 atom stereocenters. The fourth-order valence-electron chi connectivity index (χ4n) is 1.66. The van der Waals surface area contributed by atoms with E-state index in [1.54, 1.807) is 30.3 Å². The fourth-order valence-corrected chi connectivity index (χ4v) is 2.85. The van der Waals surface area contributed by atoms with Crippen LogP contribution in [-0.2, 0) is 10.0 Å². The van der Waals surface area contributed by atoms with Gasteiger partial charge in [-0.1, -0.05) is 24.6 Å². The Bertz CT molecular complexity index is 702. The summed E-state index contributed by atoms with van der Waals surface area (Å²) >= 11 is 5.83. The Morgan fingerprint density at radius 3 is 2.67 bits per heavy atom. The summed E-state index contributed by atoms with van der Waals surface area (Å²) in [5, 5.41) is 3.55. The van der Waals surface area contributed by atoms with Gasteiger partial charge in [0.05, 0.1) is 5.69 Å². The maximum Gasteiger partial charge on any atom is 0.263 e. The van der Waals surface area contributed by atoms with Crippen molar-refractivity contribution in [2.24, 2.45) is 0 Å². The minimum Gasteiger partial charge on any atom is -0.370 e. The van der Waals surface area contributed by atoms with Gasteiger partial charge in [0, 0.05) is 17.8 Å². The molecule has 0 bridgehead atoms. The third-order valence-electron chi connectivity index (χ3n) is 2.68. The molecule has 0 saturated carbocycles. The van der Waals surface area contributed by atoms with Gasteiger partial charge in [-0.2, -0.15) is 0 Å². The number of aromatic nitrogens is 1. The van der Waals surface area contributed by atoms with E-state index in [0.29, 0.717) is 16.5 Å². The summed E-state index contributed by atoms with van der Waals surface area (Å²) in [7, 11) is -3.67. The van der Waals surface area contributed by atoms with Crippen LogP contribution >= 0.6 is 11.6 Å². The number of nitrogens with one attached hydrogen (secondary N) is 2. The summed E-state index contributed by atoms with van der Waals surface area (Å²) in [5.41, 5.74) is 0.413. The van der Waals surface area contributed by atoms with Crippen molar-refractivity contribution in [3.8, 4) is 0 Å². The van der Waals surface area contributed by atoms with Crippen molar-refractivity contribution < 1.29 is 8.42 Å². The quantitative estimate of drug-likeness (QED) is 0.854. The van der Waals surface area contributed by atoms with Gasteiger partial charge in [-0.25, -0.2) is 13.4 Å². The molecule has 0 saturated heterocycles. The molecule has 7 heteroatoms. The highest BCUT2D eigenvalue weighted by Gasteiger charge is 2.14. The Morgan fingerprint density at radius 2 is 2.05 bits per heavy atom. The average molecular weight is 326 g/mol. The maximum atomic E-state index is 12.2. The zero-order valence-electron chi connectivity index (χ0n) is 11.5. The molecule has 2 N–H and O–H groups in total. The van der Waals surface area contributed by atoms with E-state index in [4.69, 9.17) is 11.6 Å². The summed E-state index contributed by atoms with van der Waals surface area (Å²) in [6, 6.07) is 9.68. The second-order valence-corrected chi connectivity index (χ2v) is 6.54. The van der Waals surface area contributed by atoms with E-state index >= 15 is 0 Å². The van der Waals surface area contributed by atoms with Crippen molar-refractivity contribution in [3.63, 3.8) is 0 Å². The third kappa shape index (κ3) is 4.34. The number of pyridine rings is 1. The summed E-state index contributed by atoms with van der Waals surface area (Å²) in [6.45, 7) is 2.83. The molecule has 0 amide bonds. The molecular weight excluding hydrogens is 310 g/mol. The second kappa shape index (κ2) is 6.78. The van der Waals surface area contributed by atoms with Gasteiger partial charge in [0.25, 0.3) is 10.0 Å². The molecule has 21 heavy (non-hydrogen) atoms. The van der Waals surface area contributed by atoms with Gasteiger partial charge >= 0.3 is 0 Å². The SMILES string of the molecule is CCCNc1ccc(S(=O)(=O)Nc2cccc(Cl)c2)cn1. The molecule has 2 rings (SSSR count). The highest BCUT2D eigenvalue weighted by Crippen LogP contribution is 2.19. The molecule has 112 valence electrons. The largest absolute Gasteiger partial charge is 0.370 e. The summed E-state index contributed by atoms with van der Waals surface area (Å²) in [6.07, 6.45) is 2.29. The van der Waals surface area contributed by atoms with E-state index in [9.17, 15) is 8.42 Å². The molecule has 0 unspecified atom stereocenters. The lowest BCUT2D eigenvalue weighted by atomic mass is 10.3. The van der Waals surface area contributed by atoms with Gasteiger partial charge in [-0.15, -0.1) is 0 Å². The van der Waals surface area contributed by atoms with E-state index in [1.807, 2.05) is 6.92 Å². The van der Waals surface area contributed by atoms with Crippen LogP contribution in [0.25, 0.3) is 0 Å². The first-order valence-electron chi connectivity index (χ1n) is 6.49. The summed E-state index contributed by atoms with van der Waals surface area (Å²) < 4.78 is 26.9. The van der Waals surface area contributed by atoms with Crippen molar-refractivity contribution in [1.29, 1.82) is 0 Å². The Morgan fingerprint density at radius 1 is 1.24 bits per heavy atom. The van der Waals surface area contributed by atoms with Crippen LogP contribution in [0.1, 0.15) is 13.3 Å². The van der Waals surface area contributed by atoms with Crippen molar-refractivity contribution >= 4 is 33.1 Å². The van der Waals surface area contributed by atoms with Crippen molar-refractivity contribution in [2.45, 2.75) is 18.2 Å². The molecule has 0 aliphatic carbocycles. The molecule has 0 radical (unpaired) electrons. The first-order chi connectivity index (χ1) is 10.0. The van der Waals surface area contributed by atoms with Crippen LogP contribution in [0.4, 0.5) is 11.5 Å². The highest BCUT2D eigenvalue weighted by atomic mass is 35.5. The molecule has 0 aliphatic rings. The van der Waals surface area contributed by atoms with Crippen LogP contribution in [0.3, 0.4) is 0 Å². The number of nitrogens with zero attached hydrogens (tertiary/aromatic N) is 1. The zero-order chi connectivity index (χ0) is 15.3. The number of hydrogen-bond acceptors (Lipinski definition) is 4. The zero-order valence-corrected chi connectivity index (χ0v) is 13.1. The number of anilines is 2. The second-order valence-electron chi connectivity index (χ2n) is 4.42. The van der Waals surface area contributed by atoms with Crippen molar-refractivity contribution in [1.82, 2.24) is 4.98 Å². The maximum absolute atomic E-state index is 12.2. The monoisotopic (exact) mass is 325 g/mol. The molecule has 0 aliphatic heterocycles. The Labute approximate surface area is 129 Å². The average Bonchev–Trinajstić information content (AvgIpc) is 2.45. The molecule has 5 nitrogen and oxygen atoms in total.